The number of benzene rings is 7. The van der Waals surface area contributed by atoms with Crippen molar-refractivity contribution in [2.75, 3.05) is 0 Å². The molecule has 0 radical (unpaired) electrons. The zero-order chi connectivity index (χ0) is 31.6. The maximum absolute atomic E-state index is 5.37. The van der Waals surface area contributed by atoms with Gasteiger partial charge in [0.05, 0.1) is 22.1 Å². The number of para-hydroxylation sites is 2. The van der Waals surface area contributed by atoms with Crippen LogP contribution >= 0.6 is 0 Å². The number of nitrogens with zero attached hydrogens (tertiary/aromatic N) is 3. The molecule has 10 rings (SSSR count). The first-order valence-electron chi connectivity index (χ1n) is 16.5. The first-order valence-corrected chi connectivity index (χ1v) is 16.5. The van der Waals surface area contributed by atoms with Crippen LogP contribution < -0.4 is 10.6 Å². The van der Waals surface area contributed by atoms with Gasteiger partial charge in [0.1, 0.15) is 12.0 Å². The minimum absolute atomic E-state index is 0.133. The molecule has 48 heavy (non-hydrogen) atoms. The fraction of sp³-hybridized carbons (Fsp3) is 0.0465. The van der Waals surface area contributed by atoms with Crippen LogP contribution in [0.2, 0.25) is 0 Å². The molecule has 9 aromatic rings. The SMILES string of the molecule is c1ccc(C2=NC(n3c4ccccc4c4cc5c6c7ccccc7ccc6n(-c6ccccc6)c5cc43)NC(c3ccccc3)N2)cc1. The molecule has 2 N–H and O–H groups in total. The number of fused-ring (bicyclic) bond motifs is 8. The van der Waals surface area contributed by atoms with Gasteiger partial charge in [0.2, 0.25) is 0 Å². The highest BCUT2D eigenvalue weighted by molar-refractivity contribution is 6.25. The molecule has 7 aromatic carbocycles. The molecule has 5 nitrogen and oxygen atoms in total. The minimum Gasteiger partial charge on any atom is -0.350 e. The Labute approximate surface area is 277 Å². The van der Waals surface area contributed by atoms with Crippen molar-refractivity contribution in [2.24, 2.45) is 4.99 Å². The number of aliphatic imine (C=N–C) groups is 1. The normalized spacial score (nSPS) is 16.5. The van der Waals surface area contributed by atoms with Crippen LogP contribution in [-0.2, 0) is 0 Å². The summed E-state index contributed by atoms with van der Waals surface area (Å²) in [7, 11) is 0. The van der Waals surface area contributed by atoms with E-state index in [0.29, 0.717) is 0 Å². The monoisotopic (exact) mass is 617 g/mol. The third-order valence-corrected chi connectivity index (χ3v) is 9.77. The molecule has 0 aliphatic carbocycles. The summed E-state index contributed by atoms with van der Waals surface area (Å²) in [5.74, 6) is 0.866. The molecule has 0 saturated heterocycles. The average Bonchev–Trinajstić information content (AvgIpc) is 3.67. The van der Waals surface area contributed by atoms with E-state index >= 15 is 0 Å². The summed E-state index contributed by atoms with van der Waals surface area (Å²) < 4.78 is 4.80. The van der Waals surface area contributed by atoms with E-state index in [1.165, 1.54) is 43.4 Å². The quantitative estimate of drug-likeness (QED) is 0.207. The van der Waals surface area contributed by atoms with Gasteiger partial charge in [-0.3, -0.25) is 5.32 Å². The lowest BCUT2D eigenvalue weighted by atomic mass is 10.0. The predicted octanol–water partition coefficient (Wildman–Crippen LogP) is 9.84. The zero-order valence-electron chi connectivity index (χ0n) is 26.1. The fourth-order valence-electron chi connectivity index (χ4n) is 7.63. The molecule has 1 aliphatic heterocycles. The van der Waals surface area contributed by atoms with Crippen molar-refractivity contribution in [2.45, 2.75) is 12.5 Å². The molecule has 0 saturated carbocycles. The number of hydrogen-bond acceptors (Lipinski definition) is 3. The molecule has 0 amide bonds. The minimum atomic E-state index is -0.359. The standard InChI is InChI=1S/C43H31N5/c1-4-15-29(16-5-1)41-44-42(30-17-6-2-7-18-30)46-43(45-41)48-36-23-13-12-22-33(36)34-26-35-39(27-38(34)48)47(31-19-8-3-9-20-31)37-25-24-28-14-10-11-21-32(28)40(35)37/h1-27,41,43,45H,(H,44,46). The van der Waals surface area contributed by atoms with Gasteiger partial charge in [0.25, 0.3) is 0 Å². The Balaban J connectivity index is 1.30. The molecule has 2 unspecified atom stereocenters. The van der Waals surface area contributed by atoms with Crippen molar-refractivity contribution < 1.29 is 0 Å². The van der Waals surface area contributed by atoms with Gasteiger partial charge in [-0.05, 0) is 52.7 Å². The van der Waals surface area contributed by atoms with E-state index in [1.54, 1.807) is 0 Å². The Hall–Kier alpha value is -6.17. The molecule has 228 valence electrons. The second-order valence-electron chi connectivity index (χ2n) is 12.5. The summed E-state index contributed by atoms with van der Waals surface area (Å²) >= 11 is 0. The van der Waals surface area contributed by atoms with E-state index in [2.05, 4.69) is 177 Å². The molecular weight excluding hydrogens is 587 g/mol. The highest BCUT2D eigenvalue weighted by Crippen LogP contribution is 2.42. The average molecular weight is 618 g/mol. The summed E-state index contributed by atoms with van der Waals surface area (Å²) in [5.41, 5.74) is 8.01. The molecule has 2 atom stereocenters. The Morgan fingerprint density at radius 1 is 0.500 bits per heavy atom. The molecule has 1 aliphatic rings. The van der Waals surface area contributed by atoms with Gasteiger partial charge in [-0.15, -0.1) is 0 Å². The van der Waals surface area contributed by atoms with Gasteiger partial charge in [0.15, 0.2) is 6.29 Å². The van der Waals surface area contributed by atoms with Crippen LogP contribution in [0.3, 0.4) is 0 Å². The number of nitrogens with one attached hydrogen (secondary N) is 2. The summed E-state index contributed by atoms with van der Waals surface area (Å²) in [6.45, 7) is 0. The van der Waals surface area contributed by atoms with Gasteiger partial charge >= 0.3 is 0 Å². The first kappa shape index (κ1) is 27.0. The lowest BCUT2D eigenvalue weighted by molar-refractivity contribution is 0.341. The lowest BCUT2D eigenvalue weighted by Gasteiger charge is -2.33. The molecule has 0 spiro atoms. The number of aromatic nitrogens is 2. The van der Waals surface area contributed by atoms with Crippen molar-refractivity contribution in [1.82, 2.24) is 19.8 Å². The Morgan fingerprint density at radius 2 is 1.19 bits per heavy atom. The van der Waals surface area contributed by atoms with E-state index in [1.807, 2.05) is 6.07 Å². The molecule has 0 bridgehead atoms. The number of amidine groups is 1. The molecule has 5 heteroatoms. The van der Waals surface area contributed by atoms with Crippen LogP contribution in [0.25, 0.3) is 60.1 Å². The van der Waals surface area contributed by atoms with Gasteiger partial charge in [-0.25, -0.2) is 4.99 Å². The summed E-state index contributed by atoms with van der Waals surface area (Å²) in [6, 6.07) is 58.4. The summed E-state index contributed by atoms with van der Waals surface area (Å²) in [6.07, 6.45) is -0.493. The van der Waals surface area contributed by atoms with Crippen LogP contribution in [0.5, 0.6) is 0 Å². The molecular formula is C43H31N5. The van der Waals surface area contributed by atoms with Gasteiger partial charge in [0, 0.05) is 32.8 Å². The third kappa shape index (κ3) is 4.11. The van der Waals surface area contributed by atoms with Crippen LogP contribution in [0.15, 0.2) is 169 Å². The smallest absolute Gasteiger partial charge is 0.184 e. The van der Waals surface area contributed by atoms with E-state index in [9.17, 15) is 0 Å². The summed E-state index contributed by atoms with van der Waals surface area (Å²) in [5, 5.41) is 15.0. The first-order chi connectivity index (χ1) is 23.8. The van der Waals surface area contributed by atoms with Gasteiger partial charge in [-0.2, -0.15) is 0 Å². The number of hydrogen-bond donors (Lipinski definition) is 2. The van der Waals surface area contributed by atoms with E-state index in [-0.39, 0.29) is 12.5 Å². The van der Waals surface area contributed by atoms with Crippen LogP contribution in [0, 0.1) is 0 Å². The Morgan fingerprint density at radius 3 is 2.00 bits per heavy atom. The largest absolute Gasteiger partial charge is 0.350 e. The highest BCUT2D eigenvalue weighted by atomic mass is 15.4. The van der Waals surface area contributed by atoms with E-state index in [0.717, 1.165) is 33.7 Å². The lowest BCUT2D eigenvalue weighted by Crippen LogP contribution is -2.46. The summed E-state index contributed by atoms with van der Waals surface area (Å²) in [4.78, 5) is 5.37. The maximum atomic E-state index is 5.37. The Bertz CT molecular complexity index is 2670. The highest BCUT2D eigenvalue weighted by Gasteiger charge is 2.28. The van der Waals surface area contributed by atoms with Gasteiger partial charge in [-0.1, -0.05) is 127 Å². The van der Waals surface area contributed by atoms with Crippen molar-refractivity contribution in [1.29, 1.82) is 0 Å². The van der Waals surface area contributed by atoms with Crippen LogP contribution in [0.1, 0.15) is 23.6 Å². The molecule has 2 aromatic heterocycles. The van der Waals surface area contributed by atoms with Crippen molar-refractivity contribution in [3.8, 4) is 5.69 Å². The maximum Gasteiger partial charge on any atom is 0.184 e. The third-order valence-electron chi connectivity index (χ3n) is 9.77. The second-order valence-corrected chi connectivity index (χ2v) is 12.5. The van der Waals surface area contributed by atoms with Crippen molar-refractivity contribution >= 4 is 60.2 Å². The van der Waals surface area contributed by atoms with E-state index < -0.39 is 0 Å². The van der Waals surface area contributed by atoms with Crippen molar-refractivity contribution in [3.63, 3.8) is 0 Å². The molecule has 3 heterocycles. The van der Waals surface area contributed by atoms with Crippen LogP contribution in [-0.4, -0.2) is 15.0 Å². The zero-order valence-corrected chi connectivity index (χ0v) is 26.1. The second kappa shape index (κ2) is 10.7. The fourth-order valence-corrected chi connectivity index (χ4v) is 7.63. The predicted molar refractivity (Wildman–Crippen MR) is 199 cm³/mol. The topological polar surface area (TPSA) is 46.3 Å². The van der Waals surface area contributed by atoms with Crippen molar-refractivity contribution in [3.05, 3.63) is 175 Å². The van der Waals surface area contributed by atoms with Crippen LogP contribution in [0.4, 0.5) is 0 Å². The Kier molecular flexibility index (Phi) is 6.01. The van der Waals surface area contributed by atoms with E-state index in [4.69, 9.17) is 4.99 Å². The molecule has 0 fully saturated rings. The van der Waals surface area contributed by atoms with Gasteiger partial charge < -0.3 is 14.5 Å². The number of rotatable bonds is 4.